The molecule has 0 aliphatic rings. The Hall–Kier alpha value is -1.96. The molecule has 3 aromatic rings. The van der Waals surface area contributed by atoms with E-state index >= 15 is 0 Å². The second-order valence-corrected chi connectivity index (χ2v) is 8.59. The molecule has 138 valence electrons. The van der Waals surface area contributed by atoms with E-state index in [0.717, 1.165) is 20.7 Å². The van der Waals surface area contributed by atoms with E-state index in [1.54, 1.807) is 35.6 Å². The largest absolute Gasteiger partial charge is 0.325 e. The van der Waals surface area contributed by atoms with Crippen LogP contribution in [-0.2, 0) is 10.5 Å². The Morgan fingerprint density at radius 1 is 1.19 bits per heavy atom. The van der Waals surface area contributed by atoms with Gasteiger partial charge < -0.3 is 5.32 Å². The number of carbonyl (C=O) groups excluding carboxylic acids is 2. The predicted octanol–water partition coefficient (Wildman–Crippen LogP) is 5.65. The van der Waals surface area contributed by atoms with Crippen LogP contribution < -0.4 is 5.32 Å². The highest BCUT2D eigenvalue weighted by Crippen LogP contribution is 2.27. The van der Waals surface area contributed by atoms with Gasteiger partial charge in [0.25, 0.3) is 0 Å². The molecule has 7 heteroatoms. The number of nitrogens with one attached hydrogen (secondary N) is 1. The summed E-state index contributed by atoms with van der Waals surface area (Å²) < 4.78 is 1.02. The van der Waals surface area contributed by atoms with Crippen molar-refractivity contribution in [3.63, 3.8) is 0 Å². The number of anilines is 1. The van der Waals surface area contributed by atoms with Gasteiger partial charge in [-0.15, -0.1) is 23.1 Å². The third-order valence-corrected chi connectivity index (χ3v) is 6.06. The molecule has 1 N–H and O–H groups in total. The number of benzene rings is 2. The molecule has 0 spiro atoms. The molecule has 1 amide bonds. The normalized spacial score (nSPS) is 10.6. The maximum absolute atomic E-state index is 12.1. The molecular formula is C20H17BrN2O2S2. The lowest BCUT2D eigenvalue weighted by Gasteiger charge is -2.06. The molecule has 0 atom stereocenters. The topological polar surface area (TPSA) is 59.1 Å². The van der Waals surface area contributed by atoms with Gasteiger partial charge in [0, 0.05) is 32.4 Å². The van der Waals surface area contributed by atoms with E-state index in [9.17, 15) is 9.59 Å². The lowest BCUT2D eigenvalue weighted by Crippen LogP contribution is -2.14. The summed E-state index contributed by atoms with van der Waals surface area (Å²) in [4.78, 5) is 28.2. The first kappa shape index (κ1) is 19.8. The Bertz CT molecular complexity index is 972. The van der Waals surface area contributed by atoms with E-state index in [-0.39, 0.29) is 11.7 Å². The zero-order chi connectivity index (χ0) is 19.2. The standard InChI is InChI=1S/C20H17BrN2O2S2/c1-13(24)14-4-3-7-17(9-14)22-19(25)12-26-10-18-11-27-20(23-18)15-5-2-6-16(21)8-15/h2-9,11H,10,12H2,1H3,(H,22,25). The van der Waals surface area contributed by atoms with Crippen molar-refractivity contribution >= 4 is 56.4 Å². The number of Topliss-reactive ketones (excluding diaryl/α,β-unsaturated/α-hetero) is 1. The molecule has 0 unspecified atom stereocenters. The molecule has 1 aromatic heterocycles. The van der Waals surface area contributed by atoms with E-state index in [4.69, 9.17) is 0 Å². The fourth-order valence-electron chi connectivity index (χ4n) is 2.39. The third kappa shape index (κ3) is 5.76. The van der Waals surface area contributed by atoms with E-state index < -0.39 is 0 Å². The van der Waals surface area contributed by atoms with E-state index in [2.05, 4.69) is 26.2 Å². The maximum Gasteiger partial charge on any atom is 0.234 e. The van der Waals surface area contributed by atoms with E-state index in [1.165, 1.54) is 18.7 Å². The highest BCUT2D eigenvalue weighted by Gasteiger charge is 2.08. The minimum absolute atomic E-state index is 0.0229. The Balaban J connectivity index is 1.50. The van der Waals surface area contributed by atoms with Crippen LogP contribution in [0.25, 0.3) is 10.6 Å². The molecular weight excluding hydrogens is 444 g/mol. The van der Waals surface area contributed by atoms with Crippen LogP contribution in [0.2, 0.25) is 0 Å². The van der Waals surface area contributed by atoms with Crippen molar-refractivity contribution in [3.05, 3.63) is 69.6 Å². The number of aromatic nitrogens is 1. The number of thioether (sulfide) groups is 1. The third-order valence-electron chi connectivity index (χ3n) is 3.66. The lowest BCUT2D eigenvalue weighted by atomic mass is 10.1. The van der Waals surface area contributed by atoms with Gasteiger partial charge in [-0.3, -0.25) is 9.59 Å². The zero-order valence-electron chi connectivity index (χ0n) is 14.6. The molecule has 3 rings (SSSR count). The van der Waals surface area contributed by atoms with Crippen LogP contribution in [0.15, 0.2) is 58.4 Å². The maximum atomic E-state index is 12.1. The average molecular weight is 461 g/mol. The summed E-state index contributed by atoms with van der Waals surface area (Å²) in [6.45, 7) is 1.51. The van der Waals surface area contributed by atoms with Crippen LogP contribution in [0.1, 0.15) is 23.0 Å². The zero-order valence-corrected chi connectivity index (χ0v) is 17.8. The van der Waals surface area contributed by atoms with Crippen molar-refractivity contribution in [2.75, 3.05) is 11.1 Å². The highest BCUT2D eigenvalue weighted by atomic mass is 79.9. The van der Waals surface area contributed by atoms with E-state index in [1.807, 2.05) is 29.6 Å². The molecule has 27 heavy (non-hydrogen) atoms. The smallest absolute Gasteiger partial charge is 0.234 e. The van der Waals surface area contributed by atoms with Crippen LogP contribution in [0.4, 0.5) is 5.69 Å². The number of nitrogens with zero attached hydrogens (tertiary/aromatic N) is 1. The van der Waals surface area contributed by atoms with Crippen LogP contribution in [0.3, 0.4) is 0 Å². The molecule has 0 saturated heterocycles. The number of ketones is 1. The van der Waals surface area contributed by atoms with Crippen molar-refractivity contribution < 1.29 is 9.59 Å². The first-order valence-corrected chi connectivity index (χ1v) is 11.0. The minimum atomic E-state index is -0.0943. The first-order valence-electron chi connectivity index (χ1n) is 8.20. The van der Waals surface area contributed by atoms with Crippen molar-refractivity contribution in [1.82, 2.24) is 4.98 Å². The van der Waals surface area contributed by atoms with Crippen molar-refractivity contribution in [2.45, 2.75) is 12.7 Å². The van der Waals surface area contributed by atoms with Crippen molar-refractivity contribution in [2.24, 2.45) is 0 Å². The summed E-state index contributed by atoms with van der Waals surface area (Å²) in [5.41, 5.74) is 3.27. The molecule has 0 saturated carbocycles. The number of thiazole rings is 1. The quantitative estimate of drug-likeness (QED) is 0.462. The van der Waals surface area contributed by atoms with Gasteiger partial charge in [0.1, 0.15) is 5.01 Å². The van der Waals surface area contributed by atoms with Gasteiger partial charge in [0.15, 0.2) is 5.78 Å². The SMILES string of the molecule is CC(=O)c1cccc(NC(=O)CSCc2csc(-c3cccc(Br)c3)n2)c1. The number of hydrogen-bond acceptors (Lipinski definition) is 5. The average Bonchev–Trinajstić information content (AvgIpc) is 3.11. The van der Waals surface area contributed by atoms with Crippen LogP contribution >= 0.6 is 39.0 Å². The van der Waals surface area contributed by atoms with Crippen molar-refractivity contribution in [1.29, 1.82) is 0 Å². The molecule has 0 bridgehead atoms. The summed E-state index contributed by atoms with van der Waals surface area (Å²) in [6.07, 6.45) is 0. The predicted molar refractivity (Wildman–Crippen MR) is 116 cm³/mol. The van der Waals surface area contributed by atoms with E-state index in [0.29, 0.717) is 22.8 Å². The van der Waals surface area contributed by atoms with Crippen LogP contribution in [0, 0.1) is 0 Å². The molecule has 1 heterocycles. The van der Waals surface area contributed by atoms with Crippen LogP contribution in [0.5, 0.6) is 0 Å². The monoisotopic (exact) mass is 460 g/mol. The fourth-order valence-corrected chi connectivity index (χ4v) is 4.43. The minimum Gasteiger partial charge on any atom is -0.325 e. The van der Waals surface area contributed by atoms with Gasteiger partial charge in [-0.05, 0) is 31.2 Å². The first-order chi connectivity index (χ1) is 13.0. The second-order valence-electron chi connectivity index (χ2n) is 5.83. The second kappa shape index (κ2) is 9.30. The highest BCUT2D eigenvalue weighted by molar-refractivity contribution is 9.10. The molecule has 4 nitrogen and oxygen atoms in total. The molecule has 0 aliphatic carbocycles. The van der Waals surface area contributed by atoms with Gasteiger partial charge in [-0.2, -0.15) is 0 Å². The summed E-state index contributed by atoms with van der Waals surface area (Å²) in [7, 11) is 0. The number of halogens is 1. The van der Waals surface area contributed by atoms with Gasteiger partial charge in [0.05, 0.1) is 11.4 Å². The van der Waals surface area contributed by atoms with Gasteiger partial charge in [-0.25, -0.2) is 4.98 Å². The number of amides is 1. The summed E-state index contributed by atoms with van der Waals surface area (Å²) in [5, 5.41) is 5.82. The summed E-state index contributed by atoms with van der Waals surface area (Å²) in [5.74, 6) is 0.882. The molecule has 0 radical (unpaired) electrons. The Morgan fingerprint density at radius 3 is 2.78 bits per heavy atom. The summed E-state index contributed by atoms with van der Waals surface area (Å²) in [6, 6.07) is 15.0. The lowest BCUT2D eigenvalue weighted by molar-refractivity contribution is -0.113. The molecule has 2 aromatic carbocycles. The number of rotatable bonds is 7. The van der Waals surface area contributed by atoms with Gasteiger partial charge in [0.2, 0.25) is 5.91 Å². The van der Waals surface area contributed by atoms with Gasteiger partial charge in [-0.1, -0.05) is 40.2 Å². The number of carbonyl (C=O) groups is 2. The number of hydrogen-bond donors (Lipinski definition) is 1. The Labute approximate surface area is 174 Å². The van der Waals surface area contributed by atoms with Gasteiger partial charge >= 0.3 is 0 Å². The fraction of sp³-hybridized carbons (Fsp3) is 0.150. The molecule has 0 fully saturated rings. The van der Waals surface area contributed by atoms with Crippen LogP contribution in [-0.4, -0.2) is 22.4 Å². The Morgan fingerprint density at radius 2 is 2.00 bits per heavy atom. The molecule has 0 aliphatic heterocycles. The Kier molecular flexibility index (Phi) is 6.82. The summed E-state index contributed by atoms with van der Waals surface area (Å²) >= 11 is 6.58. The van der Waals surface area contributed by atoms with Crippen molar-refractivity contribution in [3.8, 4) is 10.6 Å².